The van der Waals surface area contributed by atoms with Gasteiger partial charge in [0.1, 0.15) is 23.5 Å². The van der Waals surface area contributed by atoms with Gasteiger partial charge in [0.25, 0.3) is 0 Å². The van der Waals surface area contributed by atoms with E-state index in [0.717, 1.165) is 29.0 Å². The highest BCUT2D eigenvalue weighted by Gasteiger charge is 2.12. The summed E-state index contributed by atoms with van der Waals surface area (Å²) in [6, 6.07) is 9.64. The fraction of sp³-hybridized carbons (Fsp3) is 0.353. The van der Waals surface area contributed by atoms with Crippen LogP contribution in [-0.2, 0) is 19.5 Å². The summed E-state index contributed by atoms with van der Waals surface area (Å²) < 4.78 is 7.68. The predicted octanol–water partition coefficient (Wildman–Crippen LogP) is 2.43. The first-order chi connectivity index (χ1) is 11.7. The van der Waals surface area contributed by atoms with E-state index >= 15 is 0 Å². The van der Waals surface area contributed by atoms with Gasteiger partial charge in [0.05, 0.1) is 6.54 Å². The number of amides is 2. The Bertz CT molecular complexity index is 790. The van der Waals surface area contributed by atoms with E-state index in [-0.39, 0.29) is 6.03 Å². The molecule has 0 saturated heterocycles. The highest BCUT2D eigenvalue weighted by Crippen LogP contribution is 2.19. The molecule has 0 fully saturated rings. The van der Waals surface area contributed by atoms with Crippen molar-refractivity contribution in [1.82, 2.24) is 25.0 Å². The number of rotatable bonds is 6. The van der Waals surface area contributed by atoms with Gasteiger partial charge in [-0.2, -0.15) is 0 Å². The van der Waals surface area contributed by atoms with E-state index in [1.165, 1.54) is 0 Å². The Morgan fingerprint density at radius 3 is 3.00 bits per heavy atom. The zero-order chi connectivity index (χ0) is 16.9. The summed E-state index contributed by atoms with van der Waals surface area (Å²) in [5.41, 5.74) is 0.834. The first-order valence-electron chi connectivity index (χ1n) is 8.00. The highest BCUT2D eigenvalue weighted by molar-refractivity contribution is 5.78. The molecule has 7 heteroatoms. The summed E-state index contributed by atoms with van der Waals surface area (Å²) in [4.78, 5) is 13.8. The molecule has 0 atom stereocenters. The SMILES string of the molecule is CCc1nncn1CCNC(=O)N(C)Cc1cc2ccccc2o1. The molecular formula is C17H21N5O2. The first-order valence-corrected chi connectivity index (χ1v) is 8.00. The van der Waals surface area contributed by atoms with Crippen molar-refractivity contribution in [1.29, 1.82) is 0 Å². The van der Waals surface area contributed by atoms with Gasteiger partial charge < -0.3 is 19.2 Å². The Balaban J connectivity index is 1.51. The molecule has 0 aliphatic rings. The lowest BCUT2D eigenvalue weighted by Crippen LogP contribution is -2.38. The molecule has 0 saturated carbocycles. The summed E-state index contributed by atoms with van der Waals surface area (Å²) in [6.07, 6.45) is 2.50. The molecule has 2 heterocycles. The number of urea groups is 1. The molecule has 0 unspecified atom stereocenters. The molecule has 3 aromatic rings. The number of hydrogen-bond acceptors (Lipinski definition) is 4. The van der Waals surface area contributed by atoms with Crippen molar-refractivity contribution in [3.63, 3.8) is 0 Å². The summed E-state index contributed by atoms with van der Waals surface area (Å²) in [5, 5.41) is 11.8. The van der Waals surface area contributed by atoms with Gasteiger partial charge in [-0.1, -0.05) is 25.1 Å². The second kappa shape index (κ2) is 7.16. The van der Waals surface area contributed by atoms with E-state index in [0.29, 0.717) is 19.6 Å². The van der Waals surface area contributed by atoms with Gasteiger partial charge in [0.15, 0.2) is 0 Å². The third-order valence-electron chi connectivity index (χ3n) is 3.86. The smallest absolute Gasteiger partial charge is 0.317 e. The Hall–Kier alpha value is -2.83. The molecule has 0 radical (unpaired) electrons. The monoisotopic (exact) mass is 327 g/mol. The molecule has 2 aromatic heterocycles. The fourth-order valence-corrected chi connectivity index (χ4v) is 2.58. The van der Waals surface area contributed by atoms with Gasteiger partial charge in [-0.15, -0.1) is 10.2 Å². The maximum atomic E-state index is 12.2. The van der Waals surface area contributed by atoms with Gasteiger partial charge in [0.2, 0.25) is 0 Å². The molecule has 1 aromatic carbocycles. The Labute approximate surface area is 140 Å². The summed E-state index contributed by atoms with van der Waals surface area (Å²) >= 11 is 0. The van der Waals surface area contributed by atoms with Crippen LogP contribution in [-0.4, -0.2) is 39.3 Å². The Morgan fingerprint density at radius 1 is 1.38 bits per heavy atom. The molecule has 0 spiro atoms. The van der Waals surface area contributed by atoms with Crippen LogP contribution in [0.1, 0.15) is 18.5 Å². The molecule has 126 valence electrons. The van der Waals surface area contributed by atoms with Crippen LogP contribution in [0.15, 0.2) is 41.1 Å². The third kappa shape index (κ3) is 3.56. The topological polar surface area (TPSA) is 76.2 Å². The minimum atomic E-state index is -0.137. The number of hydrogen-bond donors (Lipinski definition) is 1. The van der Waals surface area contributed by atoms with E-state index in [4.69, 9.17) is 4.42 Å². The number of para-hydroxylation sites is 1. The van der Waals surface area contributed by atoms with Crippen molar-refractivity contribution in [3.05, 3.63) is 48.2 Å². The summed E-state index contributed by atoms with van der Waals surface area (Å²) in [7, 11) is 1.75. The Morgan fingerprint density at radius 2 is 2.21 bits per heavy atom. The van der Waals surface area contributed by atoms with Crippen LogP contribution in [0, 0.1) is 0 Å². The van der Waals surface area contributed by atoms with Crippen LogP contribution in [0.5, 0.6) is 0 Å². The van der Waals surface area contributed by atoms with Crippen molar-refractivity contribution in [3.8, 4) is 0 Å². The van der Waals surface area contributed by atoms with Crippen LogP contribution in [0.25, 0.3) is 11.0 Å². The largest absolute Gasteiger partial charge is 0.459 e. The third-order valence-corrected chi connectivity index (χ3v) is 3.86. The average molecular weight is 327 g/mol. The van der Waals surface area contributed by atoms with Gasteiger partial charge in [-0.05, 0) is 12.1 Å². The number of aryl methyl sites for hydroxylation is 1. The van der Waals surface area contributed by atoms with Crippen LogP contribution < -0.4 is 5.32 Å². The maximum Gasteiger partial charge on any atom is 0.317 e. The molecule has 24 heavy (non-hydrogen) atoms. The number of nitrogens with zero attached hydrogens (tertiary/aromatic N) is 4. The molecule has 3 rings (SSSR count). The minimum Gasteiger partial charge on any atom is -0.459 e. The zero-order valence-electron chi connectivity index (χ0n) is 13.9. The lowest BCUT2D eigenvalue weighted by Gasteiger charge is -2.16. The second-order valence-corrected chi connectivity index (χ2v) is 5.63. The summed E-state index contributed by atoms with van der Waals surface area (Å²) in [5.74, 6) is 1.68. The van der Waals surface area contributed by atoms with Crippen molar-refractivity contribution < 1.29 is 9.21 Å². The van der Waals surface area contributed by atoms with Gasteiger partial charge in [-0.25, -0.2) is 4.79 Å². The molecule has 0 aliphatic heterocycles. The predicted molar refractivity (Wildman–Crippen MR) is 90.5 cm³/mol. The number of carbonyl (C=O) groups is 1. The van der Waals surface area contributed by atoms with Crippen molar-refractivity contribution >= 4 is 17.0 Å². The van der Waals surface area contributed by atoms with E-state index < -0.39 is 0 Å². The first kappa shape index (κ1) is 16.0. The van der Waals surface area contributed by atoms with Gasteiger partial charge in [-0.3, -0.25) is 0 Å². The quantitative estimate of drug-likeness (QED) is 0.754. The lowest BCUT2D eigenvalue weighted by molar-refractivity contribution is 0.203. The zero-order valence-corrected chi connectivity index (χ0v) is 13.9. The molecule has 1 N–H and O–H groups in total. The number of carbonyl (C=O) groups excluding carboxylic acids is 1. The van der Waals surface area contributed by atoms with E-state index in [1.54, 1.807) is 18.3 Å². The highest BCUT2D eigenvalue weighted by atomic mass is 16.3. The number of furan rings is 1. The molecule has 0 aliphatic carbocycles. The number of benzene rings is 1. The summed E-state index contributed by atoms with van der Waals surface area (Å²) in [6.45, 7) is 3.63. The normalized spacial score (nSPS) is 10.9. The van der Waals surface area contributed by atoms with Crippen LogP contribution in [0.2, 0.25) is 0 Å². The number of fused-ring (bicyclic) bond motifs is 1. The van der Waals surface area contributed by atoms with E-state index in [1.807, 2.05) is 41.8 Å². The molecule has 7 nitrogen and oxygen atoms in total. The second-order valence-electron chi connectivity index (χ2n) is 5.63. The van der Waals surface area contributed by atoms with E-state index in [9.17, 15) is 4.79 Å². The molecule has 0 bridgehead atoms. The fourth-order valence-electron chi connectivity index (χ4n) is 2.58. The lowest BCUT2D eigenvalue weighted by atomic mass is 10.2. The van der Waals surface area contributed by atoms with Crippen molar-refractivity contribution in [2.24, 2.45) is 0 Å². The average Bonchev–Trinajstić information content (AvgIpc) is 3.20. The minimum absolute atomic E-state index is 0.137. The molecule has 2 amide bonds. The van der Waals surface area contributed by atoms with Gasteiger partial charge in [0, 0.05) is 31.9 Å². The molecular weight excluding hydrogens is 306 g/mol. The maximum absolute atomic E-state index is 12.2. The van der Waals surface area contributed by atoms with Gasteiger partial charge >= 0.3 is 6.03 Å². The van der Waals surface area contributed by atoms with E-state index in [2.05, 4.69) is 15.5 Å². The standard InChI is InChI=1S/C17H21N5O2/c1-3-16-20-19-12-22(16)9-8-18-17(23)21(2)11-14-10-13-6-4-5-7-15(13)24-14/h4-7,10,12H,3,8-9,11H2,1-2H3,(H,18,23). The van der Waals surface area contributed by atoms with Crippen LogP contribution >= 0.6 is 0 Å². The van der Waals surface area contributed by atoms with Crippen molar-refractivity contribution in [2.75, 3.05) is 13.6 Å². The van der Waals surface area contributed by atoms with Crippen molar-refractivity contribution in [2.45, 2.75) is 26.4 Å². The number of nitrogens with one attached hydrogen (secondary N) is 1. The van der Waals surface area contributed by atoms with Crippen LogP contribution in [0.4, 0.5) is 4.79 Å². The number of aromatic nitrogens is 3. The Kier molecular flexibility index (Phi) is 4.79. The van der Waals surface area contributed by atoms with Crippen LogP contribution in [0.3, 0.4) is 0 Å².